The Hall–Kier alpha value is -1.42. The van der Waals surface area contributed by atoms with Crippen LogP contribution in [-0.4, -0.2) is 10.0 Å². The first kappa shape index (κ1) is 10.7. The third-order valence-electron chi connectivity index (χ3n) is 2.13. The van der Waals surface area contributed by atoms with E-state index in [-0.39, 0.29) is 5.69 Å². The molecule has 76 valence electrons. The number of nitro benzene ring substituents is 1. The zero-order chi connectivity index (χ0) is 10.7. The van der Waals surface area contributed by atoms with Crippen LogP contribution in [0.5, 0.6) is 0 Å². The molecule has 1 N–H and O–H groups in total. The van der Waals surface area contributed by atoms with Crippen LogP contribution in [0.25, 0.3) is 0 Å². The molecule has 1 atom stereocenters. The Morgan fingerprint density at radius 1 is 1.57 bits per heavy atom. The molecule has 0 heterocycles. The molecular formula is C10H13NO3. The Morgan fingerprint density at radius 2 is 2.21 bits per heavy atom. The number of aliphatic hydroxyl groups excluding tert-OH is 1. The number of nitro groups is 1. The van der Waals surface area contributed by atoms with Crippen molar-refractivity contribution in [3.8, 4) is 0 Å². The Bertz CT molecular complexity index is 349. The molecule has 14 heavy (non-hydrogen) atoms. The molecule has 4 nitrogen and oxygen atoms in total. The lowest BCUT2D eigenvalue weighted by Crippen LogP contribution is -2.01. The molecule has 4 heteroatoms. The van der Waals surface area contributed by atoms with Crippen LogP contribution in [0.15, 0.2) is 18.2 Å². The van der Waals surface area contributed by atoms with Gasteiger partial charge in [-0.1, -0.05) is 18.6 Å². The van der Waals surface area contributed by atoms with E-state index in [9.17, 15) is 15.2 Å². The minimum atomic E-state index is -0.754. The van der Waals surface area contributed by atoms with Crippen molar-refractivity contribution in [2.45, 2.75) is 26.4 Å². The van der Waals surface area contributed by atoms with Gasteiger partial charge in [0.25, 0.3) is 5.69 Å². The van der Waals surface area contributed by atoms with Crippen molar-refractivity contribution in [2.24, 2.45) is 0 Å². The van der Waals surface area contributed by atoms with Gasteiger partial charge in [-0.05, 0) is 19.4 Å². The highest BCUT2D eigenvalue weighted by Gasteiger charge is 2.18. The predicted molar refractivity (Wildman–Crippen MR) is 53.1 cm³/mol. The zero-order valence-corrected chi connectivity index (χ0v) is 8.23. The second-order valence-corrected chi connectivity index (χ2v) is 3.24. The summed E-state index contributed by atoms with van der Waals surface area (Å²) < 4.78 is 0. The maximum atomic E-state index is 10.6. The third kappa shape index (κ3) is 2.09. The Morgan fingerprint density at radius 3 is 2.71 bits per heavy atom. The first-order valence-corrected chi connectivity index (χ1v) is 4.49. The summed E-state index contributed by atoms with van der Waals surface area (Å²) in [5.41, 5.74) is 1.31. The molecule has 0 amide bonds. The Kier molecular flexibility index (Phi) is 3.19. The molecule has 0 saturated heterocycles. The van der Waals surface area contributed by atoms with Crippen molar-refractivity contribution in [3.63, 3.8) is 0 Å². The SMILES string of the molecule is CC[C@@H](O)c1cc(C)ccc1[N+](=O)[O-]. The molecule has 0 aromatic heterocycles. The number of hydrogen-bond donors (Lipinski definition) is 1. The van der Waals surface area contributed by atoms with E-state index >= 15 is 0 Å². The van der Waals surface area contributed by atoms with Crippen molar-refractivity contribution < 1.29 is 10.0 Å². The van der Waals surface area contributed by atoms with Gasteiger partial charge in [-0.15, -0.1) is 0 Å². The largest absolute Gasteiger partial charge is 0.388 e. The number of aryl methyl sites for hydroxylation is 1. The van der Waals surface area contributed by atoms with Crippen LogP contribution >= 0.6 is 0 Å². The average Bonchev–Trinajstić information content (AvgIpc) is 2.16. The van der Waals surface area contributed by atoms with Crippen LogP contribution in [0.2, 0.25) is 0 Å². The van der Waals surface area contributed by atoms with Gasteiger partial charge in [-0.25, -0.2) is 0 Å². The normalized spacial score (nSPS) is 12.5. The van der Waals surface area contributed by atoms with Gasteiger partial charge in [0.2, 0.25) is 0 Å². The highest BCUT2D eigenvalue weighted by Crippen LogP contribution is 2.27. The predicted octanol–water partition coefficient (Wildman–Crippen LogP) is 2.35. The monoisotopic (exact) mass is 195 g/mol. The van der Waals surface area contributed by atoms with E-state index in [1.54, 1.807) is 19.1 Å². The summed E-state index contributed by atoms with van der Waals surface area (Å²) in [7, 11) is 0. The van der Waals surface area contributed by atoms with Crippen LogP contribution in [0.4, 0.5) is 5.69 Å². The van der Waals surface area contributed by atoms with Gasteiger partial charge in [-0.3, -0.25) is 10.1 Å². The molecule has 0 unspecified atom stereocenters. The third-order valence-corrected chi connectivity index (χ3v) is 2.13. The van der Waals surface area contributed by atoms with Crippen LogP contribution in [0.3, 0.4) is 0 Å². The second kappa shape index (κ2) is 4.19. The summed E-state index contributed by atoms with van der Waals surface area (Å²) in [6, 6.07) is 4.76. The van der Waals surface area contributed by atoms with Gasteiger partial charge in [0.1, 0.15) is 0 Å². The van der Waals surface area contributed by atoms with Gasteiger partial charge < -0.3 is 5.11 Å². The first-order valence-electron chi connectivity index (χ1n) is 4.49. The van der Waals surface area contributed by atoms with Crippen LogP contribution in [0.1, 0.15) is 30.6 Å². The molecule has 0 fully saturated rings. The fourth-order valence-electron chi connectivity index (χ4n) is 1.33. The lowest BCUT2D eigenvalue weighted by molar-refractivity contribution is -0.386. The smallest absolute Gasteiger partial charge is 0.275 e. The van der Waals surface area contributed by atoms with Crippen molar-refractivity contribution in [3.05, 3.63) is 39.4 Å². The number of nitrogens with zero attached hydrogens (tertiary/aromatic N) is 1. The van der Waals surface area contributed by atoms with E-state index < -0.39 is 11.0 Å². The van der Waals surface area contributed by atoms with E-state index in [2.05, 4.69) is 0 Å². The second-order valence-electron chi connectivity index (χ2n) is 3.24. The first-order chi connectivity index (χ1) is 6.56. The molecular weight excluding hydrogens is 182 g/mol. The van der Waals surface area contributed by atoms with E-state index in [1.165, 1.54) is 6.07 Å². The maximum absolute atomic E-state index is 10.6. The van der Waals surface area contributed by atoms with E-state index in [1.807, 2.05) is 6.92 Å². The Balaban J connectivity index is 3.22. The minimum Gasteiger partial charge on any atom is -0.388 e. The molecule has 0 bridgehead atoms. The van der Waals surface area contributed by atoms with Gasteiger partial charge in [0, 0.05) is 6.07 Å². The lowest BCUT2D eigenvalue weighted by atomic mass is 10.0. The molecule has 0 radical (unpaired) electrons. The molecule has 0 aliphatic rings. The van der Waals surface area contributed by atoms with E-state index in [0.717, 1.165) is 5.56 Å². The zero-order valence-electron chi connectivity index (χ0n) is 8.23. The maximum Gasteiger partial charge on any atom is 0.275 e. The fraction of sp³-hybridized carbons (Fsp3) is 0.400. The molecule has 0 spiro atoms. The van der Waals surface area contributed by atoms with Crippen LogP contribution < -0.4 is 0 Å². The molecule has 1 rings (SSSR count). The fourth-order valence-corrected chi connectivity index (χ4v) is 1.33. The number of hydrogen-bond acceptors (Lipinski definition) is 3. The quantitative estimate of drug-likeness (QED) is 0.594. The van der Waals surface area contributed by atoms with Crippen molar-refractivity contribution in [1.82, 2.24) is 0 Å². The van der Waals surface area contributed by atoms with Gasteiger partial charge in [0.15, 0.2) is 0 Å². The van der Waals surface area contributed by atoms with Gasteiger partial charge in [-0.2, -0.15) is 0 Å². The van der Waals surface area contributed by atoms with E-state index in [0.29, 0.717) is 12.0 Å². The van der Waals surface area contributed by atoms with Crippen LogP contribution in [0, 0.1) is 17.0 Å². The van der Waals surface area contributed by atoms with Crippen LogP contribution in [-0.2, 0) is 0 Å². The summed E-state index contributed by atoms with van der Waals surface area (Å²) >= 11 is 0. The summed E-state index contributed by atoms with van der Waals surface area (Å²) in [5, 5.41) is 20.2. The summed E-state index contributed by atoms with van der Waals surface area (Å²) in [5.74, 6) is 0. The molecule has 1 aromatic rings. The highest BCUT2D eigenvalue weighted by molar-refractivity contribution is 5.43. The Labute approximate surface area is 82.3 Å². The standard InChI is InChI=1S/C10H13NO3/c1-3-10(12)8-6-7(2)4-5-9(8)11(13)14/h4-6,10,12H,3H2,1-2H3/t10-/m1/s1. The minimum absolute atomic E-state index is 0.00931. The van der Waals surface area contributed by atoms with Gasteiger partial charge >= 0.3 is 0 Å². The molecule has 0 aliphatic carbocycles. The van der Waals surface area contributed by atoms with E-state index in [4.69, 9.17) is 0 Å². The highest BCUT2D eigenvalue weighted by atomic mass is 16.6. The van der Waals surface area contributed by atoms with Gasteiger partial charge in [0.05, 0.1) is 16.6 Å². The van der Waals surface area contributed by atoms with Crippen molar-refractivity contribution >= 4 is 5.69 Å². The number of benzene rings is 1. The molecule has 0 aliphatic heterocycles. The number of rotatable bonds is 3. The molecule has 1 aromatic carbocycles. The van der Waals surface area contributed by atoms with Crippen molar-refractivity contribution in [2.75, 3.05) is 0 Å². The van der Waals surface area contributed by atoms with Crippen molar-refractivity contribution in [1.29, 1.82) is 0 Å². The number of aliphatic hydroxyl groups is 1. The molecule has 0 saturated carbocycles. The summed E-state index contributed by atoms with van der Waals surface area (Å²) in [6.07, 6.45) is -0.278. The lowest BCUT2D eigenvalue weighted by Gasteiger charge is -2.09. The topological polar surface area (TPSA) is 63.4 Å². The summed E-state index contributed by atoms with van der Waals surface area (Å²) in [4.78, 5) is 10.2. The average molecular weight is 195 g/mol. The summed E-state index contributed by atoms with van der Waals surface area (Å²) in [6.45, 7) is 3.63.